The van der Waals surface area contributed by atoms with Crippen molar-refractivity contribution in [2.24, 2.45) is 0 Å². The predicted octanol–water partition coefficient (Wildman–Crippen LogP) is 2.24. The molecule has 1 N–H and O–H groups in total. The second-order valence-corrected chi connectivity index (χ2v) is 5.18. The number of nitrogens with zero attached hydrogens (tertiary/aromatic N) is 2. The maximum atomic E-state index is 5.27. The average molecular weight is 295 g/mol. The molecule has 1 rings (SSSR count). The summed E-state index contributed by atoms with van der Waals surface area (Å²) < 4.78 is 10.5. The summed E-state index contributed by atoms with van der Waals surface area (Å²) >= 11 is 0. The van der Waals surface area contributed by atoms with Crippen LogP contribution in [0, 0.1) is 0 Å². The van der Waals surface area contributed by atoms with Crippen LogP contribution < -0.4 is 10.2 Å². The van der Waals surface area contributed by atoms with Crippen molar-refractivity contribution < 1.29 is 9.47 Å². The SMILES string of the molecule is CCC(NC)c1ccc(N(CCOC)C(C)COC)cn1. The van der Waals surface area contributed by atoms with Gasteiger partial charge in [-0.25, -0.2) is 0 Å². The Hall–Kier alpha value is -1.17. The first kappa shape index (κ1) is 17.9. The van der Waals surface area contributed by atoms with Crippen molar-refractivity contribution in [2.75, 3.05) is 45.9 Å². The molecule has 1 heterocycles. The Labute approximate surface area is 128 Å². The van der Waals surface area contributed by atoms with Gasteiger partial charge in [0.25, 0.3) is 0 Å². The lowest BCUT2D eigenvalue weighted by Gasteiger charge is -2.30. The minimum Gasteiger partial charge on any atom is -0.383 e. The third kappa shape index (κ3) is 5.26. The van der Waals surface area contributed by atoms with Crippen LogP contribution in [0.25, 0.3) is 0 Å². The van der Waals surface area contributed by atoms with Crippen LogP contribution in [0.1, 0.15) is 32.0 Å². The predicted molar refractivity (Wildman–Crippen MR) is 86.9 cm³/mol. The van der Waals surface area contributed by atoms with Crippen LogP contribution in [0.5, 0.6) is 0 Å². The van der Waals surface area contributed by atoms with Gasteiger partial charge in [-0.15, -0.1) is 0 Å². The van der Waals surface area contributed by atoms with Gasteiger partial charge in [0, 0.05) is 32.8 Å². The molecule has 0 saturated carbocycles. The summed E-state index contributed by atoms with van der Waals surface area (Å²) in [5.41, 5.74) is 2.18. The quantitative estimate of drug-likeness (QED) is 0.717. The van der Waals surface area contributed by atoms with Gasteiger partial charge >= 0.3 is 0 Å². The number of ether oxygens (including phenoxy) is 2. The molecule has 120 valence electrons. The fraction of sp³-hybridized carbons (Fsp3) is 0.688. The van der Waals surface area contributed by atoms with E-state index >= 15 is 0 Å². The second-order valence-electron chi connectivity index (χ2n) is 5.18. The zero-order chi connectivity index (χ0) is 15.7. The molecule has 0 bridgehead atoms. The normalized spacial score (nSPS) is 14.0. The standard InChI is InChI=1S/C16H29N3O2/c1-6-15(17-3)16-8-7-14(11-18-16)19(9-10-20-4)13(2)12-21-5/h7-8,11,13,15,17H,6,9-10,12H2,1-5H3. The van der Waals surface area contributed by atoms with E-state index in [2.05, 4.69) is 41.2 Å². The number of hydrogen-bond acceptors (Lipinski definition) is 5. The van der Waals surface area contributed by atoms with E-state index < -0.39 is 0 Å². The number of methoxy groups -OCH3 is 2. The van der Waals surface area contributed by atoms with E-state index in [-0.39, 0.29) is 6.04 Å². The summed E-state index contributed by atoms with van der Waals surface area (Å²) in [5, 5.41) is 3.28. The lowest BCUT2D eigenvalue weighted by atomic mass is 10.1. The number of pyridine rings is 1. The van der Waals surface area contributed by atoms with E-state index in [9.17, 15) is 0 Å². The molecule has 0 radical (unpaired) electrons. The Morgan fingerprint density at radius 1 is 1.29 bits per heavy atom. The molecule has 0 amide bonds. The van der Waals surface area contributed by atoms with Gasteiger partial charge in [-0.3, -0.25) is 4.98 Å². The number of aromatic nitrogens is 1. The molecule has 2 unspecified atom stereocenters. The fourth-order valence-electron chi connectivity index (χ4n) is 2.46. The summed E-state index contributed by atoms with van der Waals surface area (Å²) in [6.45, 7) is 6.49. The Kier molecular flexibility index (Phi) is 8.27. The van der Waals surface area contributed by atoms with Crippen molar-refractivity contribution in [3.63, 3.8) is 0 Å². The molecule has 0 aromatic carbocycles. The average Bonchev–Trinajstić information content (AvgIpc) is 2.50. The van der Waals surface area contributed by atoms with Gasteiger partial charge in [0.2, 0.25) is 0 Å². The van der Waals surface area contributed by atoms with Crippen LogP contribution in [-0.2, 0) is 9.47 Å². The summed E-state index contributed by atoms with van der Waals surface area (Å²) in [6, 6.07) is 4.82. The van der Waals surface area contributed by atoms with E-state index in [1.807, 2.05) is 13.2 Å². The highest BCUT2D eigenvalue weighted by Crippen LogP contribution is 2.20. The zero-order valence-corrected chi connectivity index (χ0v) is 13.9. The molecule has 5 nitrogen and oxygen atoms in total. The maximum absolute atomic E-state index is 5.27. The highest BCUT2D eigenvalue weighted by Gasteiger charge is 2.15. The molecule has 0 aliphatic carbocycles. The van der Waals surface area contributed by atoms with Gasteiger partial charge in [-0.05, 0) is 32.5 Å². The Morgan fingerprint density at radius 3 is 2.52 bits per heavy atom. The molecule has 2 atom stereocenters. The third-order valence-electron chi connectivity index (χ3n) is 3.69. The van der Waals surface area contributed by atoms with Crippen LogP contribution in [-0.4, -0.2) is 52.1 Å². The molecule has 0 aliphatic rings. The van der Waals surface area contributed by atoms with Crippen molar-refractivity contribution in [3.05, 3.63) is 24.0 Å². The fourth-order valence-corrected chi connectivity index (χ4v) is 2.46. The van der Waals surface area contributed by atoms with Gasteiger partial charge < -0.3 is 19.7 Å². The molecule has 21 heavy (non-hydrogen) atoms. The topological polar surface area (TPSA) is 46.6 Å². The van der Waals surface area contributed by atoms with Gasteiger partial charge in [0.05, 0.1) is 30.8 Å². The largest absolute Gasteiger partial charge is 0.383 e. The highest BCUT2D eigenvalue weighted by molar-refractivity contribution is 5.46. The Balaban J connectivity index is 2.86. The van der Waals surface area contributed by atoms with Crippen molar-refractivity contribution in [2.45, 2.75) is 32.4 Å². The van der Waals surface area contributed by atoms with E-state index in [1.54, 1.807) is 14.2 Å². The van der Waals surface area contributed by atoms with Crippen LogP contribution in [0.4, 0.5) is 5.69 Å². The van der Waals surface area contributed by atoms with Crippen molar-refractivity contribution in [3.8, 4) is 0 Å². The van der Waals surface area contributed by atoms with Gasteiger partial charge in [-0.1, -0.05) is 6.92 Å². The molecule has 0 saturated heterocycles. The van der Waals surface area contributed by atoms with Gasteiger partial charge in [-0.2, -0.15) is 0 Å². The first-order valence-corrected chi connectivity index (χ1v) is 7.55. The molecule has 1 aromatic rings. The first-order chi connectivity index (χ1) is 10.2. The summed E-state index contributed by atoms with van der Waals surface area (Å²) in [4.78, 5) is 6.87. The van der Waals surface area contributed by atoms with Crippen LogP contribution in [0.15, 0.2) is 18.3 Å². The number of nitrogens with one attached hydrogen (secondary N) is 1. The van der Waals surface area contributed by atoms with Gasteiger partial charge in [0.15, 0.2) is 0 Å². The first-order valence-electron chi connectivity index (χ1n) is 7.55. The van der Waals surface area contributed by atoms with Crippen LogP contribution in [0.3, 0.4) is 0 Å². The number of anilines is 1. The van der Waals surface area contributed by atoms with E-state index in [1.165, 1.54) is 0 Å². The molecule has 0 spiro atoms. The number of hydrogen-bond donors (Lipinski definition) is 1. The van der Waals surface area contributed by atoms with E-state index in [0.29, 0.717) is 19.3 Å². The molecule has 1 aromatic heterocycles. The molecule has 0 fully saturated rings. The molecular formula is C16H29N3O2. The molecule has 5 heteroatoms. The highest BCUT2D eigenvalue weighted by atomic mass is 16.5. The summed E-state index contributed by atoms with van der Waals surface area (Å²) in [7, 11) is 5.42. The Morgan fingerprint density at radius 2 is 2.05 bits per heavy atom. The van der Waals surface area contributed by atoms with Crippen LogP contribution >= 0.6 is 0 Å². The molecule has 0 aliphatic heterocycles. The minimum atomic E-state index is 0.282. The Bertz CT molecular complexity index is 380. The lowest BCUT2D eigenvalue weighted by molar-refractivity contribution is 0.171. The zero-order valence-electron chi connectivity index (χ0n) is 13.9. The molecular weight excluding hydrogens is 266 g/mol. The van der Waals surface area contributed by atoms with Crippen LogP contribution in [0.2, 0.25) is 0 Å². The van der Waals surface area contributed by atoms with E-state index in [0.717, 1.165) is 24.3 Å². The van der Waals surface area contributed by atoms with Crippen molar-refractivity contribution in [1.82, 2.24) is 10.3 Å². The third-order valence-corrected chi connectivity index (χ3v) is 3.69. The van der Waals surface area contributed by atoms with Crippen molar-refractivity contribution in [1.29, 1.82) is 0 Å². The maximum Gasteiger partial charge on any atom is 0.0663 e. The summed E-state index contributed by atoms with van der Waals surface area (Å²) in [5.74, 6) is 0. The lowest BCUT2D eigenvalue weighted by Crippen LogP contribution is -2.38. The van der Waals surface area contributed by atoms with Gasteiger partial charge in [0.1, 0.15) is 0 Å². The summed E-state index contributed by atoms with van der Waals surface area (Å²) in [6.07, 6.45) is 2.97. The second kappa shape index (κ2) is 9.71. The monoisotopic (exact) mass is 295 g/mol. The number of rotatable bonds is 10. The minimum absolute atomic E-state index is 0.282. The smallest absolute Gasteiger partial charge is 0.0663 e. The van der Waals surface area contributed by atoms with Crippen molar-refractivity contribution >= 4 is 5.69 Å². The van der Waals surface area contributed by atoms with E-state index in [4.69, 9.17) is 9.47 Å².